The Kier molecular flexibility index (Phi) is 5.47. The molecule has 0 saturated heterocycles. The first-order chi connectivity index (χ1) is 14.6. The van der Waals surface area contributed by atoms with Gasteiger partial charge in [0.25, 0.3) is 5.91 Å². The third kappa shape index (κ3) is 4.17. The Morgan fingerprint density at radius 1 is 1.03 bits per heavy atom. The Bertz CT molecular complexity index is 1120. The van der Waals surface area contributed by atoms with Gasteiger partial charge in [-0.3, -0.25) is 9.59 Å². The van der Waals surface area contributed by atoms with Gasteiger partial charge in [-0.2, -0.15) is 5.10 Å². The first kappa shape index (κ1) is 19.3. The van der Waals surface area contributed by atoms with Crippen LogP contribution in [0.5, 0.6) is 0 Å². The zero-order valence-electron chi connectivity index (χ0n) is 16.3. The summed E-state index contributed by atoms with van der Waals surface area (Å²) in [6.45, 7) is 0.161. The average molecular weight is 404 g/mol. The number of nitrogens with one attached hydrogen (secondary N) is 1. The van der Waals surface area contributed by atoms with Gasteiger partial charge >= 0.3 is 0 Å². The second-order valence-corrected chi connectivity index (χ2v) is 6.66. The van der Waals surface area contributed by atoms with Crippen molar-refractivity contribution in [3.05, 3.63) is 84.6 Å². The molecule has 0 aliphatic rings. The minimum absolute atomic E-state index is 0.102. The van der Waals surface area contributed by atoms with Crippen LogP contribution in [0, 0.1) is 0 Å². The molecule has 0 aliphatic heterocycles. The molecule has 3 aromatic heterocycles. The maximum absolute atomic E-state index is 13.1. The van der Waals surface area contributed by atoms with Crippen LogP contribution in [0.25, 0.3) is 17.1 Å². The molecular weight excluding hydrogens is 384 g/mol. The number of nitrogens with zero attached hydrogens (tertiary/aromatic N) is 3. The number of para-hydroxylation sites is 1. The van der Waals surface area contributed by atoms with Crippen LogP contribution in [-0.4, -0.2) is 40.1 Å². The molecule has 0 radical (unpaired) electrons. The number of likely N-dealkylation sites (N-methyl/N-ethyl adjacent to an activating group) is 1. The van der Waals surface area contributed by atoms with Crippen LogP contribution in [0.15, 0.2) is 82.0 Å². The lowest BCUT2D eigenvalue weighted by molar-refractivity contribution is -0.121. The third-order valence-corrected chi connectivity index (χ3v) is 4.47. The topological polar surface area (TPSA) is 93.5 Å². The summed E-state index contributed by atoms with van der Waals surface area (Å²) in [6.07, 6.45) is 3.09. The fourth-order valence-electron chi connectivity index (χ4n) is 2.98. The highest BCUT2D eigenvalue weighted by Gasteiger charge is 2.23. The lowest BCUT2D eigenvalue weighted by Gasteiger charge is -2.17. The summed E-state index contributed by atoms with van der Waals surface area (Å²) in [7, 11) is 1.57. The maximum atomic E-state index is 13.1. The van der Waals surface area contributed by atoms with E-state index in [4.69, 9.17) is 8.83 Å². The molecule has 4 rings (SSSR count). The zero-order valence-corrected chi connectivity index (χ0v) is 16.3. The van der Waals surface area contributed by atoms with Gasteiger partial charge in [0, 0.05) is 13.1 Å². The summed E-state index contributed by atoms with van der Waals surface area (Å²) in [5, 5.41) is 7.27. The molecule has 0 unspecified atom stereocenters. The second-order valence-electron chi connectivity index (χ2n) is 6.66. The van der Waals surface area contributed by atoms with Crippen molar-refractivity contribution in [1.29, 1.82) is 0 Å². The van der Waals surface area contributed by atoms with Crippen molar-refractivity contribution < 1.29 is 18.4 Å². The number of benzene rings is 1. The van der Waals surface area contributed by atoms with E-state index in [-0.39, 0.29) is 24.9 Å². The first-order valence-electron chi connectivity index (χ1n) is 9.36. The second kappa shape index (κ2) is 8.52. The van der Waals surface area contributed by atoms with E-state index < -0.39 is 0 Å². The van der Waals surface area contributed by atoms with Gasteiger partial charge in [-0.25, -0.2) is 4.68 Å². The minimum Gasteiger partial charge on any atom is -0.467 e. The molecule has 152 valence electrons. The molecule has 8 heteroatoms. The van der Waals surface area contributed by atoms with Gasteiger partial charge in [0.2, 0.25) is 5.91 Å². The van der Waals surface area contributed by atoms with Crippen LogP contribution in [0.4, 0.5) is 0 Å². The molecular formula is C22H20N4O4. The summed E-state index contributed by atoms with van der Waals surface area (Å²) in [5.74, 6) is 0.566. The van der Waals surface area contributed by atoms with Gasteiger partial charge in [-0.15, -0.1) is 0 Å². The molecule has 30 heavy (non-hydrogen) atoms. The smallest absolute Gasteiger partial charge is 0.272 e. The molecule has 0 spiro atoms. The summed E-state index contributed by atoms with van der Waals surface area (Å²) in [5.41, 5.74) is 1.59. The molecule has 0 saturated carbocycles. The average Bonchev–Trinajstić information content (AvgIpc) is 3.53. The lowest BCUT2D eigenvalue weighted by atomic mass is 10.2. The number of carbonyl (C=O) groups is 2. The summed E-state index contributed by atoms with van der Waals surface area (Å²) in [4.78, 5) is 26.7. The molecule has 0 fully saturated rings. The number of rotatable bonds is 7. The van der Waals surface area contributed by atoms with Gasteiger partial charge in [0.15, 0.2) is 5.76 Å². The standard InChI is InChI=1S/C22H20N4O4/c1-25(15-21(27)23-14-17-9-5-11-29-17)22(28)19-13-18(20-10-6-12-30-20)24-26(19)16-7-3-2-4-8-16/h2-13H,14-15H2,1H3,(H,23,27). The van der Waals surface area contributed by atoms with E-state index in [1.807, 2.05) is 30.3 Å². The number of aromatic nitrogens is 2. The van der Waals surface area contributed by atoms with Crippen LogP contribution in [0.2, 0.25) is 0 Å². The van der Waals surface area contributed by atoms with Gasteiger partial charge < -0.3 is 19.1 Å². The molecule has 3 heterocycles. The van der Waals surface area contributed by atoms with E-state index in [2.05, 4.69) is 10.4 Å². The number of furan rings is 2. The van der Waals surface area contributed by atoms with Crippen molar-refractivity contribution in [2.24, 2.45) is 0 Å². The molecule has 0 aliphatic carbocycles. The van der Waals surface area contributed by atoms with Crippen molar-refractivity contribution >= 4 is 11.8 Å². The lowest BCUT2D eigenvalue weighted by Crippen LogP contribution is -2.38. The van der Waals surface area contributed by atoms with Gasteiger partial charge in [-0.1, -0.05) is 18.2 Å². The predicted octanol–water partition coefficient (Wildman–Crippen LogP) is 3.11. The number of carbonyl (C=O) groups excluding carboxylic acids is 2. The van der Waals surface area contributed by atoms with Crippen LogP contribution >= 0.6 is 0 Å². The third-order valence-electron chi connectivity index (χ3n) is 4.47. The SMILES string of the molecule is CN(CC(=O)NCc1ccco1)C(=O)c1cc(-c2ccco2)nn1-c1ccccc1. The Labute approximate surface area is 172 Å². The number of hydrogen-bond donors (Lipinski definition) is 1. The molecule has 4 aromatic rings. The molecule has 1 aromatic carbocycles. The fraction of sp³-hybridized carbons (Fsp3) is 0.136. The number of hydrogen-bond acceptors (Lipinski definition) is 5. The van der Waals surface area contributed by atoms with Crippen molar-refractivity contribution in [3.63, 3.8) is 0 Å². The van der Waals surface area contributed by atoms with Crippen LogP contribution in [0.3, 0.4) is 0 Å². The Balaban J connectivity index is 1.54. The highest BCUT2D eigenvalue weighted by molar-refractivity contribution is 5.96. The van der Waals surface area contributed by atoms with Crippen LogP contribution in [-0.2, 0) is 11.3 Å². The van der Waals surface area contributed by atoms with Crippen molar-refractivity contribution in [2.45, 2.75) is 6.54 Å². The minimum atomic E-state index is -0.336. The normalized spacial score (nSPS) is 10.7. The summed E-state index contributed by atoms with van der Waals surface area (Å²) in [6, 6.07) is 18.0. The summed E-state index contributed by atoms with van der Waals surface area (Å²) < 4.78 is 12.2. The number of amides is 2. The van der Waals surface area contributed by atoms with Crippen LogP contribution in [0.1, 0.15) is 16.2 Å². The highest BCUT2D eigenvalue weighted by Crippen LogP contribution is 2.23. The molecule has 1 N–H and O–H groups in total. The maximum Gasteiger partial charge on any atom is 0.272 e. The highest BCUT2D eigenvalue weighted by atomic mass is 16.3. The largest absolute Gasteiger partial charge is 0.467 e. The predicted molar refractivity (Wildman–Crippen MR) is 109 cm³/mol. The van der Waals surface area contributed by atoms with Crippen molar-refractivity contribution in [3.8, 4) is 17.1 Å². The zero-order chi connectivity index (χ0) is 20.9. The van der Waals surface area contributed by atoms with E-state index in [1.54, 1.807) is 54.6 Å². The van der Waals surface area contributed by atoms with E-state index in [0.29, 0.717) is 22.9 Å². The Morgan fingerprint density at radius 3 is 2.50 bits per heavy atom. The molecule has 0 atom stereocenters. The van der Waals surface area contributed by atoms with Gasteiger partial charge in [0.1, 0.15) is 17.1 Å². The van der Waals surface area contributed by atoms with E-state index in [9.17, 15) is 9.59 Å². The van der Waals surface area contributed by atoms with Crippen molar-refractivity contribution in [2.75, 3.05) is 13.6 Å². The monoisotopic (exact) mass is 404 g/mol. The van der Waals surface area contributed by atoms with Gasteiger partial charge in [-0.05, 0) is 36.4 Å². The molecule has 0 bridgehead atoms. The van der Waals surface area contributed by atoms with E-state index in [0.717, 1.165) is 5.69 Å². The van der Waals surface area contributed by atoms with E-state index in [1.165, 1.54) is 4.90 Å². The van der Waals surface area contributed by atoms with Crippen molar-refractivity contribution in [1.82, 2.24) is 20.0 Å². The van der Waals surface area contributed by atoms with E-state index >= 15 is 0 Å². The van der Waals surface area contributed by atoms with Crippen LogP contribution < -0.4 is 5.32 Å². The fourth-order valence-corrected chi connectivity index (χ4v) is 2.98. The quantitative estimate of drug-likeness (QED) is 0.511. The Hall–Kier alpha value is -4.07. The van der Waals surface area contributed by atoms with Gasteiger partial charge in [0.05, 0.1) is 31.3 Å². The molecule has 2 amide bonds. The Morgan fingerprint density at radius 2 is 1.80 bits per heavy atom. The first-order valence-corrected chi connectivity index (χ1v) is 9.36. The summed E-state index contributed by atoms with van der Waals surface area (Å²) >= 11 is 0. The molecule has 8 nitrogen and oxygen atoms in total.